The fraction of sp³-hybridized carbons (Fsp3) is 0.333. The van der Waals surface area contributed by atoms with Crippen LogP contribution in [0, 0.1) is 0 Å². The van der Waals surface area contributed by atoms with Crippen molar-refractivity contribution < 1.29 is 14.3 Å². The van der Waals surface area contributed by atoms with Gasteiger partial charge in [0.1, 0.15) is 11.8 Å². The van der Waals surface area contributed by atoms with Crippen molar-refractivity contribution in [2.75, 3.05) is 14.2 Å². The Bertz CT molecular complexity index is 610. The van der Waals surface area contributed by atoms with Crippen molar-refractivity contribution in [1.29, 1.82) is 0 Å². The highest BCUT2D eigenvalue weighted by molar-refractivity contribution is 5.75. The van der Waals surface area contributed by atoms with Gasteiger partial charge in [0.2, 0.25) is 0 Å². The lowest BCUT2D eigenvalue weighted by Crippen LogP contribution is -2.33. The smallest absolute Gasteiger partial charge is 0.323 e. The molecule has 0 bridgehead atoms. The molecule has 112 valence electrons. The standard InChI is InChI=1S/C15H19N3O3/c1-20-14-6-4-3-5-11(14)8-18-9-12(17-10-18)7-13(16)15(19)21-2/h3-6,9-10,13H,7-8,16H2,1-2H3/t13-/m0/s1. The molecule has 0 saturated heterocycles. The number of para-hydroxylation sites is 1. The molecule has 0 amide bonds. The molecule has 1 aromatic carbocycles. The van der Waals surface area contributed by atoms with Crippen molar-refractivity contribution in [3.63, 3.8) is 0 Å². The molecule has 6 heteroatoms. The minimum Gasteiger partial charge on any atom is -0.496 e. The topological polar surface area (TPSA) is 79.4 Å². The van der Waals surface area contributed by atoms with Crippen LogP contribution in [0.3, 0.4) is 0 Å². The van der Waals surface area contributed by atoms with E-state index in [1.165, 1.54) is 7.11 Å². The van der Waals surface area contributed by atoms with Crippen LogP contribution in [0.25, 0.3) is 0 Å². The lowest BCUT2D eigenvalue weighted by molar-refractivity contribution is -0.142. The number of methoxy groups -OCH3 is 2. The third kappa shape index (κ3) is 3.82. The van der Waals surface area contributed by atoms with Crippen LogP contribution in [0.5, 0.6) is 5.75 Å². The van der Waals surface area contributed by atoms with Gasteiger partial charge in [-0.25, -0.2) is 4.98 Å². The minimum absolute atomic E-state index is 0.353. The molecule has 0 aliphatic heterocycles. The number of nitrogens with zero attached hydrogens (tertiary/aromatic N) is 2. The number of hydrogen-bond acceptors (Lipinski definition) is 5. The Balaban J connectivity index is 2.05. The van der Waals surface area contributed by atoms with Gasteiger partial charge in [-0.3, -0.25) is 4.79 Å². The van der Waals surface area contributed by atoms with Crippen LogP contribution in [-0.4, -0.2) is 35.8 Å². The largest absolute Gasteiger partial charge is 0.496 e. The number of carbonyl (C=O) groups is 1. The Kier molecular flexibility index (Phi) is 4.94. The van der Waals surface area contributed by atoms with Gasteiger partial charge in [-0.2, -0.15) is 0 Å². The quantitative estimate of drug-likeness (QED) is 0.802. The molecule has 1 aromatic heterocycles. The van der Waals surface area contributed by atoms with Crippen LogP contribution in [0.4, 0.5) is 0 Å². The Morgan fingerprint density at radius 1 is 1.38 bits per heavy atom. The summed E-state index contributed by atoms with van der Waals surface area (Å²) < 4.78 is 11.8. The second kappa shape index (κ2) is 6.90. The number of esters is 1. The van der Waals surface area contributed by atoms with Gasteiger partial charge < -0.3 is 19.8 Å². The SMILES string of the molecule is COC(=O)[C@@H](N)Cc1cn(Cc2ccccc2OC)cn1. The number of rotatable bonds is 6. The molecule has 0 aliphatic carbocycles. The highest BCUT2D eigenvalue weighted by Gasteiger charge is 2.15. The van der Waals surface area contributed by atoms with Crippen molar-refractivity contribution in [1.82, 2.24) is 9.55 Å². The maximum absolute atomic E-state index is 11.3. The zero-order chi connectivity index (χ0) is 15.2. The van der Waals surface area contributed by atoms with Crippen molar-refractivity contribution in [2.45, 2.75) is 19.0 Å². The second-order valence-electron chi connectivity index (χ2n) is 4.68. The summed E-state index contributed by atoms with van der Waals surface area (Å²) in [5, 5.41) is 0. The first-order valence-corrected chi connectivity index (χ1v) is 6.60. The molecule has 1 atom stereocenters. The molecule has 0 aliphatic rings. The highest BCUT2D eigenvalue weighted by atomic mass is 16.5. The number of nitrogens with two attached hydrogens (primary N) is 1. The molecule has 21 heavy (non-hydrogen) atoms. The van der Waals surface area contributed by atoms with Crippen molar-refractivity contribution in [2.24, 2.45) is 5.73 Å². The van der Waals surface area contributed by atoms with Gasteiger partial charge in [0.15, 0.2) is 0 Å². The van der Waals surface area contributed by atoms with Gasteiger partial charge in [-0.05, 0) is 6.07 Å². The normalized spacial score (nSPS) is 12.0. The van der Waals surface area contributed by atoms with Gasteiger partial charge >= 0.3 is 5.97 Å². The van der Waals surface area contributed by atoms with Crippen molar-refractivity contribution >= 4 is 5.97 Å². The van der Waals surface area contributed by atoms with Crippen LogP contribution in [0.2, 0.25) is 0 Å². The molecule has 2 rings (SSSR count). The summed E-state index contributed by atoms with van der Waals surface area (Å²) in [7, 11) is 2.97. The molecule has 0 fully saturated rings. The van der Waals surface area contributed by atoms with Gasteiger partial charge in [0, 0.05) is 18.2 Å². The van der Waals surface area contributed by atoms with E-state index in [0.29, 0.717) is 13.0 Å². The monoisotopic (exact) mass is 289 g/mol. The lowest BCUT2D eigenvalue weighted by Gasteiger charge is -2.08. The molecule has 2 aromatic rings. The third-order valence-electron chi connectivity index (χ3n) is 3.17. The van der Waals surface area contributed by atoms with Crippen LogP contribution in [-0.2, 0) is 22.5 Å². The van der Waals surface area contributed by atoms with E-state index in [2.05, 4.69) is 9.72 Å². The van der Waals surface area contributed by atoms with E-state index >= 15 is 0 Å². The van der Waals surface area contributed by atoms with Crippen LogP contribution in [0.15, 0.2) is 36.8 Å². The number of aromatic nitrogens is 2. The predicted molar refractivity (Wildman–Crippen MR) is 78.0 cm³/mol. The van der Waals surface area contributed by atoms with Crippen molar-refractivity contribution in [3.8, 4) is 5.75 Å². The lowest BCUT2D eigenvalue weighted by atomic mass is 10.2. The van der Waals surface area contributed by atoms with E-state index in [1.807, 2.05) is 35.0 Å². The second-order valence-corrected chi connectivity index (χ2v) is 4.68. The van der Waals surface area contributed by atoms with Gasteiger partial charge in [-0.15, -0.1) is 0 Å². The number of imidazole rings is 1. The number of benzene rings is 1. The minimum atomic E-state index is -0.690. The maximum atomic E-state index is 11.3. The van der Waals surface area contributed by atoms with Crippen LogP contribution < -0.4 is 10.5 Å². The first kappa shape index (κ1) is 15.1. The van der Waals surface area contributed by atoms with E-state index in [9.17, 15) is 4.79 Å². The molecular weight excluding hydrogens is 270 g/mol. The average molecular weight is 289 g/mol. The summed E-state index contributed by atoms with van der Waals surface area (Å²) in [4.78, 5) is 15.6. The summed E-state index contributed by atoms with van der Waals surface area (Å²) in [6.07, 6.45) is 3.94. The maximum Gasteiger partial charge on any atom is 0.323 e. The summed E-state index contributed by atoms with van der Waals surface area (Å²) in [6.45, 7) is 0.643. The van der Waals surface area contributed by atoms with Crippen LogP contribution >= 0.6 is 0 Å². The van der Waals surface area contributed by atoms with Crippen LogP contribution in [0.1, 0.15) is 11.3 Å². The number of carbonyl (C=O) groups excluding carboxylic acids is 1. The molecule has 1 heterocycles. The Hall–Kier alpha value is -2.34. The van der Waals surface area contributed by atoms with Crippen molar-refractivity contribution in [3.05, 3.63) is 48.0 Å². The fourth-order valence-corrected chi connectivity index (χ4v) is 2.09. The fourth-order valence-electron chi connectivity index (χ4n) is 2.09. The molecule has 0 unspecified atom stereocenters. The molecular formula is C15H19N3O3. The van der Waals surface area contributed by atoms with Gasteiger partial charge in [-0.1, -0.05) is 18.2 Å². The molecule has 0 saturated carbocycles. The Morgan fingerprint density at radius 2 is 2.14 bits per heavy atom. The summed E-state index contributed by atoms with van der Waals surface area (Å²) in [5.74, 6) is 0.397. The molecule has 2 N–H and O–H groups in total. The zero-order valence-electron chi connectivity index (χ0n) is 12.2. The highest BCUT2D eigenvalue weighted by Crippen LogP contribution is 2.18. The van der Waals surface area contributed by atoms with E-state index < -0.39 is 12.0 Å². The molecule has 6 nitrogen and oxygen atoms in total. The number of hydrogen-bond donors (Lipinski definition) is 1. The Labute approximate surface area is 123 Å². The van der Waals surface area contributed by atoms with Gasteiger partial charge in [0.05, 0.1) is 32.8 Å². The first-order chi connectivity index (χ1) is 10.1. The van der Waals surface area contributed by atoms with Gasteiger partial charge in [0.25, 0.3) is 0 Å². The van der Waals surface area contributed by atoms with E-state index in [0.717, 1.165) is 17.0 Å². The predicted octanol–water partition coefficient (Wildman–Crippen LogP) is 0.983. The molecule has 0 radical (unpaired) electrons. The van der Waals surface area contributed by atoms with E-state index in [1.54, 1.807) is 13.4 Å². The summed E-state index contributed by atoms with van der Waals surface area (Å²) >= 11 is 0. The number of ether oxygens (including phenoxy) is 2. The first-order valence-electron chi connectivity index (χ1n) is 6.60. The Morgan fingerprint density at radius 3 is 2.86 bits per heavy atom. The summed E-state index contributed by atoms with van der Waals surface area (Å²) in [5.41, 5.74) is 7.53. The van der Waals surface area contributed by atoms with E-state index in [4.69, 9.17) is 10.5 Å². The molecule has 0 spiro atoms. The summed E-state index contributed by atoms with van der Waals surface area (Å²) in [6, 6.07) is 7.11. The zero-order valence-corrected chi connectivity index (χ0v) is 12.2. The van der Waals surface area contributed by atoms with E-state index in [-0.39, 0.29) is 0 Å². The third-order valence-corrected chi connectivity index (χ3v) is 3.17. The average Bonchev–Trinajstić information content (AvgIpc) is 2.94.